The third kappa shape index (κ3) is 3.44. The molecule has 1 aliphatic carbocycles. The van der Waals surface area contributed by atoms with Crippen LogP contribution in [-0.4, -0.2) is 23.1 Å². The van der Waals surface area contributed by atoms with Crippen molar-refractivity contribution in [2.24, 2.45) is 11.7 Å². The number of amides is 1. The number of carbonyl (C=O) groups excluding carboxylic acids is 1. The Morgan fingerprint density at radius 2 is 2.40 bits per heavy atom. The van der Waals surface area contributed by atoms with Crippen molar-refractivity contribution in [2.45, 2.75) is 32.2 Å². The first-order chi connectivity index (χ1) is 9.63. The van der Waals surface area contributed by atoms with E-state index in [2.05, 4.69) is 11.9 Å². The number of hydrogen-bond donors (Lipinski definition) is 2. The predicted molar refractivity (Wildman–Crippen MR) is 80.0 cm³/mol. The number of nitrogens with zero attached hydrogens (tertiary/aromatic N) is 2. The molecule has 0 spiro atoms. The molecule has 0 radical (unpaired) electrons. The van der Waals surface area contributed by atoms with Gasteiger partial charge in [-0.25, -0.2) is 4.98 Å². The second-order valence-corrected chi connectivity index (χ2v) is 5.14. The van der Waals surface area contributed by atoms with Crippen molar-refractivity contribution in [1.29, 1.82) is 5.41 Å². The van der Waals surface area contributed by atoms with Gasteiger partial charge >= 0.3 is 0 Å². The van der Waals surface area contributed by atoms with Gasteiger partial charge < -0.3 is 16.0 Å². The van der Waals surface area contributed by atoms with Crippen molar-refractivity contribution in [3.8, 4) is 0 Å². The van der Waals surface area contributed by atoms with E-state index in [1.807, 2.05) is 17.2 Å². The maximum atomic E-state index is 11.5. The van der Waals surface area contributed by atoms with Crippen LogP contribution in [0.25, 0.3) is 0 Å². The Balaban J connectivity index is 2.25. The van der Waals surface area contributed by atoms with E-state index >= 15 is 0 Å². The lowest BCUT2D eigenvalue weighted by molar-refractivity contribution is 0.100. The topological polar surface area (TPSA) is 83.1 Å². The van der Waals surface area contributed by atoms with Crippen LogP contribution in [0, 0.1) is 11.3 Å². The van der Waals surface area contributed by atoms with Crippen LogP contribution in [0.5, 0.6) is 0 Å². The summed E-state index contributed by atoms with van der Waals surface area (Å²) in [5.41, 5.74) is 5.87. The summed E-state index contributed by atoms with van der Waals surface area (Å²) in [6.45, 7) is 2.06. The first-order valence-corrected chi connectivity index (χ1v) is 6.84. The van der Waals surface area contributed by atoms with Gasteiger partial charge in [-0.15, -0.1) is 0 Å². The number of anilines is 1. The van der Waals surface area contributed by atoms with Gasteiger partial charge in [-0.05, 0) is 43.5 Å². The number of carbonyl (C=O) groups is 1. The highest BCUT2D eigenvalue weighted by molar-refractivity contribution is 5.97. The molecule has 1 amide bonds. The standard InChI is InChI=1S/C15H20N4O/c1-11(6-8-16)7-10-19(12-4-5-12)15-13(14(17)20)3-2-9-18-15/h2-3,7-12,16H,4-6H2,1H3,(H2,17,20)/b10-7+,16-8?. The number of allylic oxidation sites excluding steroid dienone is 1. The second-order valence-electron chi connectivity index (χ2n) is 5.14. The molecule has 1 unspecified atom stereocenters. The normalized spacial score (nSPS) is 16.1. The van der Waals surface area contributed by atoms with Gasteiger partial charge in [0.05, 0.1) is 5.56 Å². The molecule has 1 aliphatic rings. The molecule has 1 aromatic rings. The van der Waals surface area contributed by atoms with E-state index in [4.69, 9.17) is 11.1 Å². The molecule has 20 heavy (non-hydrogen) atoms. The van der Waals surface area contributed by atoms with Crippen LogP contribution in [0.1, 0.15) is 36.5 Å². The highest BCUT2D eigenvalue weighted by atomic mass is 16.1. The van der Waals surface area contributed by atoms with E-state index in [9.17, 15) is 4.79 Å². The van der Waals surface area contributed by atoms with E-state index in [1.165, 1.54) is 6.21 Å². The van der Waals surface area contributed by atoms with Crippen molar-refractivity contribution in [3.63, 3.8) is 0 Å². The summed E-state index contributed by atoms with van der Waals surface area (Å²) in [4.78, 5) is 17.9. The predicted octanol–water partition coefficient (Wildman–Crippen LogP) is 2.34. The largest absolute Gasteiger partial charge is 0.365 e. The minimum Gasteiger partial charge on any atom is -0.365 e. The molecule has 1 atom stereocenters. The Kier molecular flexibility index (Phi) is 4.50. The van der Waals surface area contributed by atoms with Gasteiger partial charge in [-0.1, -0.05) is 13.0 Å². The summed E-state index contributed by atoms with van der Waals surface area (Å²) in [5, 5.41) is 7.12. The number of hydrogen-bond acceptors (Lipinski definition) is 4. The van der Waals surface area contributed by atoms with E-state index in [1.54, 1.807) is 18.3 Å². The quantitative estimate of drug-likeness (QED) is 0.747. The van der Waals surface area contributed by atoms with Crippen molar-refractivity contribution < 1.29 is 4.79 Å². The van der Waals surface area contributed by atoms with Crippen molar-refractivity contribution >= 4 is 17.9 Å². The molecule has 0 saturated heterocycles. The molecule has 3 N–H and O–H groups in total. The molecule has 5 heteroatoms. The van der Waals surface area contributed by atoms with Crippen LogP contribution in [-0.2, 0) is 0 Å². The minimum atomic E-state index is -0.459. The maximum absolute atomic E-state index is 11.5. The zero-order valence-corrected chi connectivity index (χ0v) is 11.6. The van der Waals surface area contributed by atoms with Crippen molar-refractivity contribution in [3.05, 3.63) is 36.2 Å². The highest BCUT2D eigenvalue weighted by Crippen LogP contribution is 2.32. The second kappa shape index (κ2) is 6.32. The van der Waals surface area contributed by atoms with E-state index < -0.39 is 5.91 Å². The first kappa shape index (κ1) is 14.2. The van der Waals surface area contributed by atoms with Gasteiger partial charge in [-0.3, -0.25) is 4.79 Å². The van der Waals surface area contributed by atoms with Crippen LogP contribution in [0.15, 0.2) is 30.6 Å². The van der Waals surface area contributed by atoms with Crippen LogP contribution >= 0.6 is 0 Å². The summed E-state index contributed by atoms with van der Waals surface area (Å²) < 4.78 is 0. The number of primary amides is 1. The Morgan fingerprint density at radius 3 is 3.00 bits per heavy atom. The summed E-state index contributed by atoms with van der Waals surface area (Å²) in [5.74, 6) is 0.454. The molecule has 1 saturated carbocycles. The fourth-order valence-corrected chi connectivity index (χ4v) is 2.02. The molecule has 106 valence electrons. The summed E-state index contributed by atoms with van der Waals surface area (Å²) in [6.07, 6.45) is 10.00. The number of pyridine rings is 1. The average molecular weight is 272 g/mol. The number of nitrogens with one attached hydrogen (secondary N) is 1. The highest BCUT2D eigenvalue weighted by Gasteiger charge is 2.30. The van der Waals surface area contributed by atoms with Gasteiger partial charge in [-0.2, -0.15) is 0 Å². The summed E-state index contributed by atoms with van der Waals surface area (Å²) in [6, 6.07) is 3.82. The number of aromatic nitrogens is 1. The van der Waals surface area contributed by atoms with E-state index in [0.29, 0.717) is 23.8 Å². The third-order valence-corrected chi connectivity index (χ3v) is 3.30. The Bertz CT molecular complexity index is 522. The van der Waals surface area contributed by atoms with Crippen LogP contribution in [0.3, 0.4) is 0 Å². The molecule has 1 heterocycles. The van der Waals surface area contributed by atoms with Crippen molar-refractivity contribution in [1.82, 2.24) is 4.98 Å². The zero-order chi connectivity index (χ0) is 14.5. The summed E-state index contributed by atoms with van der Waals surface area (Å²) >= 11 is 0. The van der Waals surface area contributed by atoms with Gasteiger partial charge in [0.15, 0.2) is 0 Å². The molecular weight excluding hydrogens is 252 g/mol. The van der Waals surface area contributed by atoms with Gasteiger partial charge in [0.1, 0.15) is 5.82 Å². The SMILES string of the molecule is CC(/C=C/N(c1ncccc1C(N)=O)C1CC1)CC=N. The molecular formula is C15H20N4O. The lowest BCUT2D eigenvalue weighted by Gasteiger charge is -2.21. The zero-order valence-electron chi connectivity index (χ0n) is 11.6. The van der Waals surface area contributed by atoms with Gasteiger partial charge in [0.2, 0.25) is 0 Å². The minimum absolute atomic E-state index is 0.287. The molecule has 0 bridgehead atoms. The Hall–Kier alpha value is -2.17. The lowest BCUT2D eigenvalue weighted by Crippen LogP contribution is -2.24. The Morgan fingerprint density at radius 1 is 1.65 bits per heavy atom. The maximum Gasteiger partial charge on any atom is 0.252 e. The van der Waals surface area contributed by atoms with Crippen LogP contribution in [0.4, 0.5) is 5.82 Å². The number of rotatable bonds is 7. The average Bonchev–Trinajstić information content (AvgIpc) is 3.24. The lowest BCUT2D eigenvalue weighted by atomic mass is 10.1. The monoisotopic (exact) mass is 272 g/mol. The van der Waals surface area contributed by atoms with Crippen LogP contribution in [0.2, 0.25) is 0 Å². The van der Waals surface area contributed by atoms with Crippen LogP contribution < -0.4 is 10.6 Å². The molecule has 0 aliphatic heterocycles. The molecule has 2 rings (SSSR count). The van der Waals surface area contributed by atoms with E-state index in [0.717, 1.165) is 12.8 Å². The third-order valence-electron chi connectivity index (χ3n) is 3.30. The molecule has 0 aromatic carbocycles. The Labute approximate surface area is 119 Å². The van der Waals surface area contributed by atoms with E-state index in [-0.39, 0.29) is 5.92 Å². The molecule has 1 aromatic heterocycles. The van der Waals surface area contributed by atoms with Crippen molar-refractivity contribution in [2.75, 3.05) is 4.90 Å². The fourth-order valence-electron chi connectivity index (χ4n) is 2.02. The smallest absolute Gasteiger partial charge is 0.252 e. The summed E-state index contributed by atoms with van der Waals surface area (Å²) in [7, 11) is 0. The first-order valence-electron chi connectivity index (χ1n) is 6.84. The van der Waals surface area contributed by atoms with Gasteiger partial charge in [0.25, 0.3) is 5.91 Å². The number of nitrogens with two attached hydrogens (primary N) is 1. The van der Waals surface area contributed by atoms with Gasteiger partial charge in [0, 0.05) is 18.4 Å². The fraction of sp³-hybridized carbons (Fsp3) is 0.400. The molecule has 5 nitrogen and oxygen atoms in total. The molecule has 1 fully saturated rings.